The normalized spacial score (nSPS) is 14.5. The molecule has 0 bridgehead atoms. The Morgan fingerprint density at radius 1 is 1.23 bits per heavy atom. The van der Waals surface area contributed by atoms with Crippen LogP contribution in [0.3, 0.4) is 0 Å². The van der Waals surface area contributed by atoms with Gasteiger partial charge in [0.05, 0.1) is 0 Å². The van der Waals surface area contributed by atoms with E-state index in [0.29, 0.717) is 11.5 Å². The van der Waals surface area contributed by atoms with Gasteiger partial charge < -0.3 is 10.5 Å². The van der Waals surface area contributed by atoms with Gasteiger partial charge in [-0.2, -0.15) is 0 Å². The molecule has 2 nitrogen and oxygen atoms in total. The predicted octanol–water partition coefficient (Wildman–Crippen LogP) is 2.57. The van der Waals surface area contributed by atoms with Crippen LogP contribution in [0.15, 0.2) is 0 Å². The Labute approximate surface area is 82.8 Å². The fourth-order valence-electron chi connectivity index (χ4n) is 0.988. The molecule has 0 aliphatic heterocycles. The van der Waals surface area contributed by atoms with E-state index in [1.807, 2.05) is 6.92 Å². The first-order valence-electron chi connectivity index (χ1n) is 5.25. The fourth-order valence-corrected chi connectivity index (χ4v) is 0.988. The molecule has 1 unspecified atom stereocenters. The average Bonchev–Trinajstić information content (AvgIpc) is 1.93. The molecule has 0 aromatic carbocycles. The highest BCUT2D eigenvalue weighted by molar-refractivity contribution is 4.60. The van der Waals surface area contributed by atoms with Crippen LogP contribution < -0.4 is 5.73 Å². The third kappa shape index (κ3) is 11.9. The summed E-state index contributed by atoms with van der Waals surface area (Å²) in [7, 11) is 0. The molecule has 0 aromatic heterocycles. The largest absolute Gasteiger partial charge is 0.381 e. The van der Waals surface area contributed by atoms with Crippen LogP contribution in [0, 0.1) is 5.41 Å². The van der Waals surface area contributed by atoms with Crippen molar-refractivity contribution in [1.29, 1.82) is 0 Å². The van der Waals surface area contributed by atoms with E-state index in [2.05, 4.69) is 20.8 Å². The van der Waals surface area contributed by atoms with Gasteiger partial charge in [0, 0.05) is 19.3 Å². The molecule has 0 heterocycles. The van der Waals surface area contributed by atoms with Crippen molar-refractivity contribution in [3.8, 4) is 0 Å². The van der Waals surface area contributed by atoms with Gasteiger partial charge in [0.25, 0.3) is 0 Å². The zero-order valence-corrected chi connectivity index (χ0v) is 9.60. The first-order chi connectivity index (χ1) is 5.92. The van der Waals surface area contributed by atoms with Crippen molar-refractivity contribution >= 4 is 0 Å². The lowest BCUT2D eigenvalue weighted by molar-refractivity contribution is 0.104. The Kier molecular flexibility index (Phi) is 6.35. The molecule has 0 rings (SSSR count). The van der Waals surface area contributed by atoms with Crippen molar-refractivity contribution in [2.24, 2.45) is 11.1 Å². The van der Waals surface area contributed by atoms with Crippen LogP contribution in [-0.4, -0.2) is 19.3 Å². The molecule has 0 aliphatic carbocycles. The molecule has 0 fully saturated rings. The summed E-state index contributed by atoms with van der Waals surface area (Å²) < 4.78 is 5.50. The molecule has 0 saturated heterocycles. The van der Waals surface area contributed by atoms with Crippen molar-refractivity contribution in [2.45, 2.75) is 53.0 Å². The summed E-state index contributed by atoms with van der Waals surface area (Å²) >= 11 is 0. The summed E-state index contributed by atoms with van der Waals surface area (Å²) in [5.74, 6) is 0. The highest BCUT2D eigenvalue weighted by Crippen LogP contribution is 2.17. The van der Waals surface area contributed by atoms with E-state index in [-0.39, 0.29) is 0 Å². The summed E-state index contributed by atoms with van der Waals surface area (Å²) in [4.78, 5) is 0. The van der Waals surface area contributed by atoms with Gasteiger partial charge >= 0.3 is 0 Å². The van der Waals surface area contributed by atoms with Crippen LogP contribution in [0.5, 0.6) is 0 Å². The van der Waals surface area contributed by atoms with Gasteiger partial charge in [0.2, 0.25) is 0 Å². The maximum atomic E-state index is 5.62. The van der Waals surface area contributed by atoms with Crippen molar-refractivity contribution < 1.29 is 4.74 Å². The lowest BCUT2D eigenvalue weighted by Gasteiger charge is -2.17. The fraction of sp³-hybridized carbons (Fsp3) is 1.00. The molecule has 2 N–H and O–H groups in total. The highest BCUT2D eigenvalue weighted by atomic mass is 16.5. The molecule has 1 atom stereocenters. The minimum atomic E-state index is 0.311. The zero-order chi connectivity index (χ0) is 10.3. The number of nitrogens with two attached hydrogens (primary N) is 1. The summed E-state index contributed by atoms with van der Waals surface area (Å²) in [5, 5.41) is 0. The molecule has 0 amide bonds. The zero-order valence-electron chi connectivity index (χ0n) is 9.60. The quantitative estimate of drug-likeness (QED) is 0.649. The maximum Gasteiger partial charge on any atom is 0.0471 e. The summed E-state index contributed by atoms with van der Waals surface area (Å²) in [6, 6.07) is 0.311. The minimum Gasteiger partial charge on any atom is -0.381 e. The molecular weight excluding hydrogens is 162 g/mol. The first kappa shape index (κ1) is 12.9. The molecular formula is C11H25NO. The lowest BCUT2D eigenvalue weighted by Crippen LogP contribution is -2.15. The summed E-state index contributed by atoms with van der Waals surface area (Å²) in [5.41, 5.74) is 6.01. The average molecular weight is 187 g/mol. The van der Waals surface area contributed by atoms with Crippen LogP contribution in [0.1, 0.15) is 47.0 Å². The van der Waals surface area contributed by atoms with E-state index < -0.39 is 0 Å². The minimum absolute atomic E-state index is 0.311. The summed E-state index contributed by atoms with van der Waals surface area (Å²) in [6.45, 7) is 10.5. The van der Waals surface area contributed by atoms with Crippen LogP contribution >= 0.6 is 0 Å². The highest BCUT2D eigenvalue weighted by Gasteiger charge is 2.08. The molecule has 80 valence electrons. The van der Waals surface area contributed by atoms with Gasteiger partial charge in [0.1, 0.15) is 0 Å². The van der Waals surface area contributed by atoms with E-state index in [4.69, 9.17) is 10.5 Å². The second-order valence-corrected chi connectivity index (χ2v) is 5.04. The Morgan fingerprint density at radius 2 is 1.85 bits per heavy atom. The van der Waals surface area contributed by atoms with Crippen LogP contribution in [0.2, 0.25) is 0 Å². The van der Waals surface area contributed by atoms with Crippen molar-refractivity contribution in [2.75, 3.05) is 13.2 Å². The van der Waals surface area contributed by atoms with E-state index >= 15 is 0 Å². The van der Waals surface area contributed by atoms with E-state index in [9.17, 15) is 0 Å². The van der Waals surface area contributed by atoms with Crippen molar-refractivity contribution in [3.05, 3.63) is 0 Å². The van der Waals surface area contributed by atoms with Gasteiger partial charge in [-0.1, -0.05) is 20.8 Å². The molecule has 0 aliphatic rings. The number of rotatable bonds is 6. The Balaban J connectivity index is 3.09. The summed E-state index contributed by atoms with van der Waals surface area (Å²) in [6.07, 6.45) is 3.28. The number of ether oxygens (including phenoxy) is 1. The van der Waals surface area contributed by atoms with E-state index in [1.165, 1.54) is 0 Å². The van der Waals surface area contributed by atoms with E-state index in [1.54, 1.807) is 0 Å². The van der Waals surface area contributed by atoms with Crippen LogP contribution in [-0.2, 0) is 4.74 Å². The number of hydrogen-bond donors (Lipinski definition) is 1. The van der Waals surface area contributed by atoms with Crippen molar-refractivity contribution in [3.63, 3.8) is 0 Å². The standard InChI is InChI=1S/C11H25NO/c1-10(12)6-5-8-13-9-7-11(2,3)4/h10H,5-9,12H2,1-4H3. The third-order valence-electron chi connectivity index (χ3n) is 1.94. The Morgan fingerprint density at radius 3 is 2.31 bits per heavy atom. The van der Waals surface area contributed by atoms with Crippen LogP contribution in [0.25, 0.3) is 0 Å². The van der Waals surface area contributed by atoms with Gasteiger partial charge in [-0.05, 0) is 31.6 Å². The van der Waals surface area contributed by atoms with Gasteiger partial charge in [-0.3, -0.25) is 0 Å². The Hall–Kier alpha value is -0.0800. The first-order valence-corrected chi connectivity index (χ1v) is 5.25. The topological polar surface area (TPSA) is 35.2 Å². The monoisotopic (exact) mass is 187 g/mol. The molecule has 2 heteroatoms. The molecule has 0 saturated carbocycles. The maximum absolute atomic E-state index is 5.62. The Bertz CT molecular complexity index is 116. The molecule has 0 radical (unpaired) electrons. The second-order valence-electron chi connectivity index (χ2n) is 5.04. The lowest BCUT2D eigenvalue weighted by atomic mass is 9.93. The SMILES string of the molecule is CC(N)CCCOCCC(C)(C)C. The van der Waals surface area contributed by atoms with Crippen molar-refractivity contribution in [1.82, 2.24) is 0 Å². The number of hydrogen-bond acceptors (Lipinski definition) is 2. The van der Waals surface area contributed by atoms with Gasteiger partial charge in [-0.25, -0.2) is 0 Å². The van der Waals surface area contributed by atoms with Gasteiger partial charge in [-0.15, -0.1) is 0 Å². The van der Waals surface area contributed by atoms with Gasteiger partial charge in [0.15, 0.2) is 0 Å². The van der Waals surface area contributed by atoms with Crippen LogP contribution in [0.4, 0.5) is 0 Å². The van der Waals surface area contributed by atoms with E-state index in [0.717, 1.165) is 32.5 Å². The predicted molar refractivity (Wildman–Crippen MR) is 57.8 cm³/mol. The molecule has 13 heavy (non-hydrogen) atoms. The smallest absolute Gasteiger partial charge is 0.0471 e. The molecule has 0 aromatic rings. The second kappa shape index (κ2) is 6.39. The third-order valence-corrected chi connectivity index (χ3v) is 1.94. The molecule has 0 spiro atoms.